The predicted molar refractivity (Wildman–Crippen MR) is 155 cm³/mol. The van der Waals surface area contributed by atoms with Gasteiger partial charge in [0.05, 0.1) is 28.9 Å². The Morgan fingerprint density at radius 3 is 2.57 bits per heavy atom. The first kappa shape index (κ1) is 28.7. The molecule has 2 aromatic rings. The van der Waals surface area contributed by atoms with Crippen LogP contribution in [0.25, 0.3) is 6.08 Å². The molecular formula is C29H35NO5S2. The maximum atomic E-state index is 13.2. The minimum Gasteiger partial charge on any atom is -0.490 e. The van der Waals surface area contributed by atoms with Gasteiger partial charge >= 0.3 is 5.97 Å². The highest BCUT2D eigenvalue weighted by Crippen LogP contribution is 2.38. The minimum atomic E-state index is -1.04. The van der Waals surface area contributed by atoms with E-state index in [4.69, 9.17) is 21.7 Å². The maximum absolute atomic E-state index is 13.2. The van der Waals surface area contributed by atoms with Crippen molar-refractivity contribution in [2.75, 3.05) is 11.5 Å². The number of rotatable bonds is 13. The zero-order valence-electron chi connectivity index (χ0n) is 21.9. The Hall–Kier alpha value is -2.84. The number of carboxylic acids is 1. The number of hydrogen-bond acceptors (Lipinski definition) is 6. The summed E-state index contributed by atoms with van der Waals surface area (Å²) in [5.74, 6) is -0.00950. The maximum Gasteiger partial charge on any atom is 0.336 e. The Morgan fingerprint density at radius 1 is 1.11 bits per heavy atom. The fraction of sp³-hybridized carbons (Fsp3) is 0.414. The Balaban J connectivity index is 1.76. The third kappa shape index (κ3) is 7.58. The van der Waals surface area contributed by atoms with E-state index in [1.165, 1.54) is 48.4 Å². The number of aryl methyl sites for hydroxylation is 1. The summed E-state index contributed by atoms with van der Waals surface area (Å²) < 4.78 is 12.4. The lowest BCUT2D eigenvalue weighted by atomic mass is 10.1. The van der Waals surface area contributed by atoms with Crippen molar-refractivity contribution in [3.8, 4) is 11.5 Å². The monoisotopic (exact) mass is 541 g/mol. The van der Waals surface area contributed by atoms with E-state index >= 15 is 0 Å². The van der Waals surface area contributed by atoms with Crippen LogP contribution in [0.5, 0.6) is 11.5 Å². The van der Waals surface area contributed by atoms with Gasteiger partial charge < -0.3 is 14.6 Å². The summed E-state index contributed by atoms with van der Waals surface area (Å²) in [7, 11) is 0. The van der Waals surface area contributed by atoms with Crippen molar-refractivity contribution < 1.29 is 24.2 Å². The van der Waals surface area contributed by atoms with Crippen LogP contribution in [-0.4, -0.2) is 34.0 Å². The summed E-state index contributed by atoms with van der Waals surface area (Å²) in [6, 6.07) is 10.5. The number of ether oxygens (including phenoxy) is 2. The molecule has 1 N–H and O–H groups in total. The summed E-state index contributed by atoms with van der Waals surface area (Å²) in [4.78, 5) is 26.6. The molecule has 0 spiro atoms. The van der Waals surface area contributed by atoms with Gasteiger partial charge in [-0.2, -0.15) is 0 Å². The molecule has 1 amide bonds. The van der Waals surface area contributed by atoms with Crippen LogP contribution in [0.4, 0.5) is 5.69 Å². The van der Waals surface area contributed by atoms with Crippen LogP contribution in [0.15, 0.2) is 41.3 Å². The van der Waals surface area contributed by atoms with Crippen molar-refractivity contribution >= 4 is 51.9 Å². The van der Waals surface area contributed by atoms with Gasteiger partial charge in [0.1, 0.15) is 0 Å². The van der Waals surface area contributed by atoms with Gasteiger partial charge in [-0.15, -0.1) is 0 Å². The van der Waals surface area contributed by atoms with Gasteiger partial charge in [-0.3, -0.25) is 9.69 Å². The molecule has 0 saturated carbocycles. The number of hydrogen-bond donors (Lipinski definition) is 1. The largest absolute Gasteiger partial charge is 0.490 e. The zero-order valence-corrected chi connectivity index (χ0v) is 23.5. The second-order valence-electron chi connectivity index (χ2n) is 9.09. The van der Waals surface area contributed by atoms with Crippen molar-refractivity contribution in [2.45, 2.75) is 72.3 Å². The highest BCUT2D eigenvalue weighted by atomic mass is 32.2. The fourth-order valence-corrected chi connectivity index (χ4v) is 5.41. The lowest BCUT2D eigenvalue weighted by Gasteiger charge is -2.18. The van der Waals surface area contributed by atoms with E-state index in [0.717, 1.165) is 18.4 Å². The topological polar surface area (TPSA) is 76.1 Å². The molecule has 1 saturated heterocycles. The molecule has 1 aliphatic heterocycles. The summed E-state index contributed by atoms with van der Waals surface area (Å²) in [5, 5.41) is 9.46. The molecule has 6 nitrogen and oxygen atoms in total. The van der Waals surface area contributed by atoms with Gasteiger partial charge in [0.25, 0.3) is 5.91 Å². The average Bonchev–Trinajstić information content (AvgIpc) is 3.13. The molecule has 3 rings (SSSR count). The number of amides is 1. The second kappa shape index (κ2) is 13.6. The lowest BCUT2D eigenvalue weighted by molar-refractivity contribution is -0.113. The van der Waals surface area contributed by atoms with Crippen LogP contribution in [0.3, 0.4) is 0 Å². The van der Waals surface area contributed by atoms with Crippen LogP contribution in [0, 0.1) is 6.92 Å². The van der Waals surface area contributed by atoms with Gasteiger partial charge in [0.15, 0.2) is 15.8 Å². The molecule has 0 bridgehead atoms. The smallest absolute Gasteiger partial charge is 0.336 e. The lowest BCUT2D eigenvalue weighted by Crippen LogP contribution is -2.27. The molecule has 1 heterocycles. The highest BCUT2D eigenvalue weighted by molar-refractivity contribution is 8.27. The van der Waals surface area contributed by atoms with Gasteiger partial charge in [0.2, 0.25) is 0 Å². The molecule has 1 atom stereocenters. The van der Waals surface area contributed by atoms with Gasteiger partial charge in [-0.1, -0.05) is 68.7 Å². The van der Waals surface area contributed by atoms with Gasteiger partial charge in [0, 0.05) is 0 Å². The second-order valence-corrected chi connectivity index (χ2v) is 10.8. The van der Waals surface area contributed by atoms with E-state index in [-0.39, 0.29) is 17.6 Å². The Morgan fingerprint density at radius 2 is 1.86 bits per heavy atom. The van der Waals surface area contributed by atoms with E-state index in [2.05, 4.69) is 13.8 Å². The average molecular weight is 542 g/mol. The number of carbonyl (C=O) groups excluding carboxylic acids is 1. The van der Waals surface area contributed by atoms with E-state index < -0.39 is 5.97 Å². The molecule has 8 heteroatoms. The first-order chi connectivity index (χ1) is 17.7. The third-order valence-corrected chi connectivity index (χ3v) is 7.41. The third-order valence-electron chi connectivity index (χ3n) is 6.11. The first-order valence-corrected chi connectivity index (χ1v) is 14.0. The molecule has 1 aliphatic rings. The van der Waals surface area contributed by atoms with E-state index in [9.17, 15) is 14.7 Å². The fourth-order valence-electron chi connectivity index (χ4n) is 4.11. The van der Waals surface area contributed by atoms with Crippen molar-refractivity contribution in [1.82, 2.24) is 0 Å². The Labute approximate surface area is 229 Å². The number of thioether (sulfide) groups is 1. The van der Waals surface area contributed by atoms with Crippen molar-refractivity contribution in [3.63, 3.8) is 0 Å². The number of carbonyl (C=O) groups is 2. The quantitative estimate of drug-likeness (QED) is 0.159. The summed E-state index contributed by atoms with van der Waals surface area (Å²) in [6.07, 6.45) is 8.97. The van der Waals surface area contributed by atoms with E-state index in [1.807, 2.05) is 25.1 Å². The molecule has 198 valence electrons. The van der Waals surface area contributed by atoms with Crippen LogP contribution in [0.1, 0.15) is 80.8 Å². The molecule has 0 radical (unpaired) electrons. The van der Waals surface area contributed by atoms with Crippen molar-refractivity contribution in [2.24, 2.45) is 0 Å². The molecule has 0 aromatic heterocycles. The number of aromatic carboxylic acids is 1. The molecular weight excluding hydrogens is 506 g/mol. The van der Waals surface area contributed by atoms with Crippen LogP contribution in [-0.2, 0) is 4.79 Å². The van der Waals surface area contributed by atoms with E-state index in [0.29, 0.717) is 38.6 Å². The van der Waals surface area contributed by atoms with Gasteiger partial charge in [-0.25, -0.2) is 4.79 Å². The number of carboxylic acid groups (broad SMARTS) is 1. The highest BCUT2D eigenvalue weighted by Gasteiger charge is 2.34. The SMILES string of the molecule is CCCCCCC[C@H](C)Oc1ccc(/C=C2/SC(=S)N(c3ccc(C)c(C(=O)O)c3)C2=O)cc1OCC. The Bertz CT molecular complexity index is 1180. The molecule has 0 unspecified atom stereocenters. The molecule has 37 heavy (non-hydrogen) atoms. The normalized spacial score (nSPS) is 15.4. The van der Waals surface area contributed by atoms with Crippen LogP contribution >= 0.6 is 24.0 Å². The van der Waals surface area contributed by atoms with Crippen LogP contribution < -0.4 is 14.4 Å². The standard InChI is InChI=1S/C29H35NO5S2/c1-5-7-8-9-10-11-20(4)35-24-15-13-21(16-25(24)34-6-2)17-26-27(31)30(29(36)37-26)22-14-12-19(3)23(18-22)28(32)33/h12-18,20H,5-11H2,1-4H3,(H,32,33)/b26-17+/t20-/m0/s1. The summed E-state index contributed by atoms with van der Waals surface area (Å²) in [6.45, 7) is 8.43. The predicted octanol–water partition coefficient (Wildman–Crippen LogP) is 7.63. The Kier molecular flexibility index (Phi) is 10.6. The molecule has 2 aromatic carbocycles. The van der Waals surface area contributed by atoms with Gasteiger partial charge in [-0.05, 0) is 75.1 Å². The zero-order chi connectivity index (χ0) is 26.9. The van der Waals surface area contributed by atoms with E-state index in [1.54, 1.807) is 25.1 Å². The summed E-state index contributed by atoms with van der Waals surface area (Å²) in [5.41, 5.74) is 1.99. The number of anilines is 1. The minimum absolute atomic E-state index is 0.0770. The molecule has 0 aliphatic carbocycles. The van der Waals surface area contributed by atoms with Crippen LogP contribution in [0.2, 0.25) is 0 Å². The number of thiocarbonyl (C=S) groups is 1. The first-order valence-electron chi connectivity index (χ1n) is 12.8. The van der Waals surface area contributed by atoms with Crippen molar-refractivity contribution in [3.05, 3.63) is 58.0 Å². The van der Waals surface area contributed by atoms with Crippen molar-refractivity contribution in [1.29, 1.82) is 0 Å². The number of unbranched alkanes of at least 4 members (excludes halogenated alkanes) is 4. The number of nitrogens with zero attached hydrogens (tertiary/aromatic N) is 1. The number of benzene rings is 2. The molecule has 1 fully saturated rings. The summed E-state index contributed by atoms with van der Waals surface area (Å²) >= 11 is 6.65.